The van der Waals surface area contributed by atoms with Gasteiger partial charge in [0.05, 0.1) is 5.69 Å². The van der Waals surface area contributed by atoms with Gasteiger partial charge in [-0.3, -0.25) is 4.98 Å². The van der Waals surface area contributed by atoms with Gasteiger partial charge in [0.1, 0.15) is 5.82 Å². The molecule has 0 atom stereocenters. The van der Waals surface area contributed by atoms with Crippen LogP contribution in [0.2, 0.25) is 0 Å². The lowest BCUT2D eigenvalue weighted by molar-refractivity contribution is 0.318. The number of nitrogens with zero attached hydrogens (tertiary/aromatic N) is 1. The van der Waals surface area contributed by atoms with Crippen molar-refractivity contribution in [3.05, 3.63) is 53.5 Å². The molecule has 0 spiro atoms. The summed E-state index contributed by atoms with van der Waals surface area (Å²) in [5.74, 6) is 1.39. The van der Waals surface area contributed by atoms with Gasteiger partial charge >= 0.3 is 0 Å². The van der Waals surface area contributed by atoms with Crippen LogP contribution in [0.5, 0.6) is 0 Å². The molecule has 0 radical (unpaired) electrons. The number of halogens is 1. The lowest BCUT2D eigenvalue weighted by atomic mass is 9.78. The predicted molar refractivity (Wildman–Crippen MR) is 112 cm³/mol. The fraction of sp³-hybridized carbons (Fsp3) is 0.560. The van der Waals surface area contributed by atoms with E-state index in [2.05, 4.69) is 31.0 Å². The Labute approximate surface area is 164 Å². The molecule has 0 aliphatic heterocycles. The first-order valence-corrected chi connectivity index (χ1v) is 11.0. The third kappa shape index (κ3) is 5.40. The molecule has 1 fully saturated rings. The second-order valence-electron chi connectivity index (χ2n) is 8.23. The van der Waals surface area contributed by atoms with E-state index in [0.29, 0.717) is 11.5 Å². The van der Waals surface area contributed by atoms with E-state index in [0.717, 1.165) is 30.0 Å². The van der Waals surface area contributed by atoms with Crippen molar-refractivity contribution in [1.82, 2.24) is 4.98 Å². The number of hydrogen-bond donors (Lipinski definition) is 0. The molecule has 1 nitrogen and oxygen atoms in total. The molecule has 0 unspecified atom stereocenters. The molecule has 1 saturated carbocycles. The molecule has 0 N–H and O–H groups in total. The number of hydrogen-bond acceptors (Lipinski definition) is 1. The second kappa shape index (κ2) is 10.0. The molecule has 1 aromatic carbocycles. The van der Waals surface area contributed by atoms with Gasteiger partial charge in [-0.2, -0.15) is 0 Å². The van der Waals surface area contributed by atoms with E-state index in [9.17, 15) is 4.39 Å². The van der Waals surface area contributed by atoms with E-state index in [-0.39, 0.29) is 5.82 Å². The molecule has 0 amide bonds. The van der Waals surface area contributed by atoms with Crippen molar-refractivity contribution in [2.24, 2.45) is 5.92 Å². The van der Waals surface area contributed by atoms with E-state index in [1.165, 1.54) is 56.9 Å². The van der Waals surface area contributed by atoms with Crippen molar-refractivity contribution in [2.45, 2.75) is 84.0 Å². The summed E-state index contributed by atoms with van der Waals surface area (Å²) in [5, 5.41) is 0. The van der Waals surface area contributed by atoms with Gasteiger partial charge in [-0.05, 0) is 79.7 Å². The Hall–Kier alpha value is -1.70. The summed E-state index contributed by atoms with van der Waals surface area (Å²) in [6.07, 6.45) is 14.3. The van der Waals surface area contributed by atoms with Crippen molar-refractivity contribution in [3.8, 4) is 11.3 Å². The van der Waals surface area contributed by atoms with Gasteiger partial charge in [-0.15, -0.1) is 0 Å². The lowest BCUT2D eigenvalue weighted by Gasteiger charge is -2.27. The Balaban J connectivity index is 1.63. The predicted octanol–water partition coefficient (Wildman–Crippen LogP) is 7.69. The monoisotopic (exact) mass is 367 g/mol. The van der Waals surface area contributed by atoms with Crippen LogP contribution in [-0.2, 0) is 6.42 Å². The van der Waals surface area contributed by atoms with Crippen molar-refractivity contribution in [1.29, 1.82) is 0 Å². The van der Waals surface area contributed by atoms with Gasteiger partial charge in [-0.1, -0.05) is 51.7 Å². The van der Waals surface area contributed by atoms with Crippen molar-refractivity contribution in [2.75, 3.05) is 0 Å². The molecule has 2 heteroatoms. The average Bonchev–Trinajstić information content (AvgIpc) is 2.72. The Kier molecular flexibility index (Phi) is 7.43. The molecule has 2 aromatic rings. The molecular formula is C25H34FN. The summed E-state index contributed by atoms with van der Waals surface area (Å²) in [6.45, 7) is 4.51. The second-order valence-corrected chi connectivity index (χ2v) is 8.23. The Morgan fingerprint density at radius 1 is 0.963 bits per heavy atom. The van der Waals surface area contributed by atoms with Crippen LogP contribution in [0.15, 0.2) is 36.5 Å². The Morgan fingerprint density at radius 2 is 1.78 bits per heavy atom. The van der Waals surface area contributed by atoms with Crippen molar-refractivity contribution < 1.29 is 4.39 Å². The number of benzene rings is 1. The normalized spacial score (nSPS) is 20.0. The van der Waals surface area contributed by atoms with Gasteiger partial charge in [0, 0.05) is 11.8 Å². The molecule has 27 heavy (non-hydrogen) atoms. The molecule has 1 aromatic heterocycles. The Morgan fingerprint density at radius 3 is 2.41 bits per heavy atom. The van der Waals surface area contributed by atoms with E-state index in [4.69, 9.17) is 0 Å². The highest BCUT2D eigenvalue weighted by Crippen LogP contribution is 2.37. The minimum Gasteiger partial charge on any atom is -0.256 e. The van der Waals surface area contributed by atoms with Gasteiger partial charge in [0.25, 0.3) is 0 Å². The quantitative estimate of drug-likeness (QED) is 0.436. The number of rotatable bonds is 8. The van der Waals surface area contributed by atoms with Crippen LogP contribution in [0.1, 0.15) is 88.7 Å². The summed E-state index contributed by atoms with van der Waals surface area (Å²) < 4.78 is 14.6. The SMILES string of the molecule is CCCCCCc1ccc(-c2ccc(C3CCC(CC)CC3)cn2)c(F)c1. The third-order valence-corrected chi connectivity index (χ3v) is 6.31. The number of pyridine rings is 1. The van der Waals surface area contributed by atoms with Gasteiger partial charge < -0.3 is 0 Å². The van der Waals surface area contributed by atoms with Crippen molar-refractivity contribution in [3.63, 3.8) is 0 Å². The van der Waals surface area contributed by atoms with E-state index < -0.39 is 0 Å². The first-order valence-electron chi connectivity index (χ1n) is 11.0. The number of unbranched alkanes of at least 4 members (excludes halogenated alkanes) is 3. The fourth-order valence-electron chi connectivity index (χ4n) is 4.39. The maximum Gasteiger partial charge on any atom is 0.132 e. The summed E-state index contributed by atoms with van der Waals surface area (Å²) >= 11 is 0. The molecule has 1 heterocycles. The topological polar surface area (TPSA) is 12.9 Å². The van der Waals surface area contributed by atoms with Crippen LogP contribution in [-0.4, -0.2) is 4.98 Å². The summed E-state index contributed by atoms with van der Waals surface area (Å²) in [7, 11) is 0. The van der Waals surface area contributed by atoms with Crippen LogP contribution in [0, 0.1) is 11.7 Å². The minimum absolute atomic E-state index is 0.147. The van der Waals surface area contributed by atoms with Crippen LogP contribution >= 0.6 is 0 Å². The zero-order chi connectivity index (χ0) is 19.1. The maximum atomic E-state index is 14.6. The lowest BCUT2D eigenvalue weighted by Crippen LogP contribution is -2.12. The highest BCUT2D eigenvalue weighted by molar-refractivity contribution is 5.60. The summed E-state index contributed by atoms with van der Waals surface area (Å²) in [5.41, 5.74) is 3.78. The standard InChI is InChI=1S/C25H34FN/c1-3-5-6-7-8-20-11-15-23(24(26)17-20)25-16-14-22(18-27-25)21-12-9-19(4-2)10-13-21/h11,14-19,21H,3-10,12-13H2,1-2H3. The minimum atomic E-state index is -0.147. The summed E-state index contributed by atoms with van der Waals surface area (Å²) in [4.78, 5) is 4.60. The smallest absolute Gasteiger partial charge is 0.132 e. The first-order chi connectivity index (χ1) is 13.2. The number of aromatic nitrogens is 1. The molecular weight excluding hydrogens is 333 g/mol. The van der Waals surface area contributed by atoms with Crippen LogP contribution in [0.4, 0.5) is 4.39 Å². The molecule has 0 saturated heterocycles. The van der Waals surface area contributed by atoms with Gasteiger partial charge in [0.15, 0.2) is 0 Å². The summed E-state index contributed by atoms with van der Waals surface area (Å²) in [6, 6.07) is 9.83. The van der Waals surface area contributed by atoms with E-state index in [1.807, 2.05) is 18.3 Å². The van der Waals surface area contributed by atoms with Gasteiger partial charge in [0.2, 0.25) is 0 Å². The van der Waals surface area contributed by atoms with Crippen molar-refractivity contribution >= 4 is 0 Å². The molecule has 1 aliphatic rings. The highest BCUT2D eigenvalue weighted by atomic mass is 19.1. The molecule has 1 aliphatic carbocycles. The third-order valence-electron chi connectivity index (χ3n) is 6.31. The number of aryl methyl sites for hydroxylation is 1. The van der Waals surface area contributed by atoms with Gasteiger partial charge in [-0.25, -0.2) is 4.39 Å². The highest BCUT2D eigenvalue weighted by Gasteiger charge is 2.21. The molecule has 3 rings (SSSR count). The van der Waals surface area contributed by atoms with Crippen LogP contribution in [0.25, 0.3) is 11.3 Å². The zero-order valence-corrected chi connectivity index (χ0v) is 17.0. The van der Waals surface area contributed by atoms with E-state index >= 15 is 0 Å². The van der Waals surface area contributed by atoms with Crippen LogP contribution < -0.4 is 0 Å². The first kappa shape index (κ1) is 20.0. The fourth-order valence-corrected chi connectivity index (χ4v) is 4.39. The zero-order valence-electron chi connectivity index (χ0n) is 17.0. The van der Waals surface area contributed by atoms with E-state index in [1.54, 1.807) is 6.07 Å². The molecule has 146 valence electrons. The molecule has 0 bridgehead atoms. The Bertz CT molecular complexity index is 699. The average molecular weight is 368 g/mol. The van der Waals surface area contributed by atoms with Crippen LogP contribution in [0.3, 0.4) is 0 Å². The largest absolute Gasteiger partial charge is 0.256 e. The maximum absolute atomic E-state index is 14.6.